The van der Waals surface area contributed by atoms with Crippen LogP contribution in [0, 0.1) is 5.41 Å². The maximum absolute atomic E-state index is 12.4. The number of anilines is 1. The van der Waals surface area contributed by atoms with Gasteiger partial charge in [0.15, 0.2) is 11.2 Å². The minimum absolute atomic E-state index is 0.0666. The van der Waals surface area contributed by atoms with E-state index in [1.165, 1.54) is 0 Å². The number of aromatic nitrogens is 5. The first-order chi connectivity index (χ1) is 13.7. The maximum atomic E-state index is 12.4. The van der Waals surface area contributed by atoms with E-state index in [2.05, 4.69) is 35.1 Å². The van der Waals surface area contributed by atoms with Gasteiger partial charge in [-0.1, -0.05) is 26.8 Å². The molecular formula is C20H25N7O2. The van der Waals surface area contributed by atoms with E-state index in [4.69, 9.17) is 0 Å². The minimum Gasteiger partial charge on any atom is -0.300 e. The highest BCUT2D eigenvalue weighted by atomic mass is 16.2. The highest BCUT2D eigenvalue weighted by Crippen LogP contribution is 2.15. The van der Waals surface area contributed by atoms with Gasteiger partial charge in [0.1, 0.15) is 0 Å². The standard InChI is InChI=1S/C20H25N7O2/c1-20(2,3)18(29)26-19-24-16-15(17(28)25-19)23-14(11-22-16)12-27(4)10-8-13-7-5-6-9-21-13/h5-7,9,11H,8,10,12H2,1-4H3,(H2,22,24,25,26,28,29). The molecule has 0 aliphatic carbocycles. The van der Waals surface area contributed by atoms with Crippen LogP contribution in [-0.2, 0) is 17.8 Å². The van der Waals surface area contributed by atoms with E-state index >= 15 is 0 Å². The number of amides is 1. The molecule has 152 valence electrons. The Kier molecular flexibility index (Phi) is 5.97. The maximum Gasteiger partial charge on any atom is 0.280 e. The third-order valence-corrected chi connectivity index (χ3v) is 4.29. The summed E-state index contributed by atoms with van der Waals surface area (Å²) in [4.78, 5) is 46.3. The lowest BCUT2D eigenvalue weighted by molar-refractivity contribution is -0.123. The molecule has 0 aliphatic rings. The molecule has 2 N–H and O–H groups in total. The third-order valence-electron chi connectivity index (χ3n) is 4.29. The van der Waals surface area contributed by atoms with E-state index in [-0.39, 0.29) is 23.0 Å². The lowest BCUT2D eigenvalue weighted by Crippen LogP contribution is -2.29. The average molecular weight is 395 g/mol. The van der Waals surface area contributed by atoms with Gasteiger partial charge in [0.25, 0.3) is 5.56 Å². The monoisotopic (exact) mass is 395 g/mol. The van der Waals surface area contributed by atoms with E-state index in [9.17, 15) is 9.59 Å². The summed E-state index contributed by atoms with van der Waals surface area (Å²) in [6.07, 6.45) is 4.19. The van der Waals surface area contributed by atoms with Crippen LogP contribution in [0.3, 0.4) is 0 Å². The SMILES string of the molecule is CN(CCc1ccccn1)Cc1cnc2nc(NC(=O)C(C)(C)C)[nH]c(=O)c2n1. The molecule has 0 aliphatic heterocycles. The lowest BCUT2D eigenvalue weighted by atomic mass is 9.96. The normalized spacial score (nSPS) is 11.8. The minimum atomic E-state index is -0.608. The number of hydrogen-bond acceptors (Lipinski definition) is 7. The number of carbonyl (C=O) groups excluding carboxylic acids is 1. The molecule has 1 amide bonds. The molecule has 3 heterocycles. The van der Waals surface area contributed by atoms with Crippen molar-refractivity contribution in [2.75, 3.05) is 18.9 Å². The van der Waals surface area contributed by atoms with Gasteiger partial charge in [0.05, 0.1) is 11.9 Å². The molecule has 0 radical (unpaired) electrons. The molecule has 0 fully saturated rings. The molecule has 29 heavy (non-hydrogen) atoms. The van der Waals surface area contributed by atoms with Gasteiger partial charge in [0.2, 0.25) is 11.9 Å². The molecule has 3 aromatic heterocycles. The molecular weight excluding hydrogens is 370 g/mol. The number of likely N-dealkylation sites (N-methyl/N-ethyl adjacent to an activating group) is 1. The summed E-state index contributed by atoms with van der Waals surface area (Å²) in [5.74, 6) is -0.184. The van der Waals surface area contributed by atoms with Gasteiger partial charge in [-0.25, -0.2) is 9.97 Å². The number of aromatic amines is 1. The summed E-state index contributed by atoms with van der Waals surface area (Å²) in [6, 6.07) is 5.85. The van der Waals surface area contributed by atoms with Crippen molar-refractivity contribution in [3.63, 3.8) is 0 Å². The molecule has 0 unspecified atom stereocenters. The van der Waals surface area contributed by atoms with Crippen molar-refractivity contribution in [3.8, 4) is 0 Å². The quantitative estimate of drug-likeness (QED) is 0.653. The van der Waals surface area contributed by atoms with Gasteiger partial charge in [-0.2, -0.15) is 4.98 Å². The Labute approximate surface area is 168 Å². The second-order valence-electron chi connectivity index (χ2n) is 7.96. The Morgan fingerprint density at radius 2 is 1.97 bits per heavy atom. The van der Waals surface area contributed by atoms with Crippen LogP contribution < -0.4 is 10.9 Å². The first kappa shape index (κ1) is 20.5. The van der Waals surface area contributed by atoms with Crippen LogP contribution in [0.2, 0.25) is 0 Å². The van der Waals surface area contributed by atoms with Crippen LogP contribution in [0.15, 0.2) is 35.4 Å². The van der Waals surface area contributed by atoms with Crippen LogP contribution in [0.1, 0.15) is 32.2 Å². The number of nitrogens with one attached hydrogen (secondary N) is 2. The van der Waals surface area contributed by atoms with E-state index in [0.29, 0.717) is 12.2 Å². The summed E-state index contributed by atoms with van der Waals surface area (Å²) >= 11 is 0. The molecule has 0 aromatic carbocycles. The highest BCUT2D eigenvalue weighted by Gasteiger charge is 2.22. The topological polar surface area (TPSA) is 117 Å². The fourth-order valence-electron chi connectivity index (χ4n) is 2.59. The number of hydrogen-bond donors (Lipinski definition) is 2. The smallest absolute Gasteiger partial charge is 0.280 e. The summed E-state index contributed by atoms with van der Waals surface area (Å²) in [7, 11) is 1.97. The molecule has 0 bridgehead atoms. The molecule has 0 saturated carbocycles. The molecule has 3 rings (SSSR count). The zero-order valence-electron chi connectivity index (χ0n) is 17.1. The Bertz CT molecular complexity index is 1060. The van der Waals surface area contributed by atoms with Crippen LogP contribution in [0.5, 0.6) is 0 Å². The van der Waals surface area contributed by atoms with Gasteiger partial charge in [-0.05, 0) is 19.2 Å². The second kappa shape index (κ2) is 8.44. The van der Waals surface area contributed by atoms with Gasteiger partial charge >= 0.3 is 0 Å². The number of rotatable bonds is 6. The van der Waals surface area contributed by atoms with Crippen LogP contribution in [0.25, 0.3) is 11.2 Å². The van der Waals surface area contributed by atoms with Crippen molar-refractivity contribution in [2.45, 2.75) is 33.7 Å². The van der Waals surface area contributed by atoms with E-state index in [0.717, 1.165) is 18.7 Å². The van der Waals surface area contributed by atoms with Gasteiger partial charge < -0.3 is 4.90 Å². The summed E-state index contributed by atoms with van der Waals surface area (Å²) in [5.41, 5.74) is 0.981. The number of fused-ring (bicyclic) bond motifs is 1. The van der Waals surface area contributed by atoms with Crippen molar-refractivity contribution in [3.05, 3.63) is 52.3 Å². The summed E-state index contributed by atoms with van der Waals surface area (Å²) in [5, 5.41) is 2.61. The van der Waals surface area contributed by atoms with Gasteiger partial charge in [0, 0.05) is 36.8 Å². The summed E-state index contributed by atoms with van der Waals surface area (Å²) < 4.78 is 0. The first-order valence-electron chi connectivity index (χ1n) is 9.38. The van der Waals surface area contributed by atoms with Crippen molar-refractivity contribution in [1.82, 2.24) is 29.8 Å². The fraction of sp³-hybridized carbons (Fsp3) is 0.400. The predicted octanol–water partition coefficient (Wildman–Crippen LogP) is 1.77. The molecule has 9 heteroatoms. The van der Waals surface area contributed by atoms with Gasteiger partial charge in [-0.3, -0.25) is 24.9 Å². The van der Waals surface area contributed by atoms with Crippen LogP contribution in [0.4, 0.5) is 5.95 Å². The molecule has 0 spiro atoms. The van der Waals surface area contributed by atoms with Crippen LogP contribution in [-0.4, -0.2) is 49.3 Å². The molecule has 9 nitrogen and oxygen atoms in total. The summed E-state index contributed by atoms with van der Waals surface area (Å²) in [6.45, 7) is 6.66. The predicted molar refractivity (Wildman–Crippen MR) is 110 cm³/mol. The largest absolute Gasteiger partial charge is 0.300 e. The molecule has 0 atom stereocenters. The zero-order chi connectivity index (χ0) is 21.0. The van der Waals surface area contributed by atoms with Crippen molar-refractivity contribution in [1.29, 1.82) is 0 Å². The van der Waals surface area contributed by atoms with Crippen molar-refractivity contribution < 1.29 is 4.79 Å². The Morgan fingerprint density at radius 3 is 2.66 bits per heavy atom. The Hall–Kier alpha value is -3.20. The van der Waals surface area contributed by atoms with E-state index in [1.54, 1.807) is 33.2 Å². The van der Waals surface area contributed by atoms with Crippen LogP contribution >= 0.6 is 0 Å². The molecule has 0 saturated heterocycles. The second-order valence-corrected chi connectivity index (χ2v) is 7.96. The van der Waals surface area contributed by atoms with Gasteiger partial charge in [-0.15, -0.1) is 0 Å². The van der Waals surface area contributed by atoms with Crippen molar-refractivity contribution >= 4 is 23.0 Å². The van der Waals surface area contributed by atoms with E-state index < -0.39 is 11.0 Å². The fourth-order valence-corrected chi connectivity index (χ4v) is 2.59. The molecule has 3 aromatic rings. The Balaban J connectivity index is 1.71. The number of pyridine rings is 1. The third kappa shape index (κ3) is 5.41. The van der Waals surface area contributed by atoms with E-state index in [1.807, 2.05) is 25.2 Å². The first-order valence-corrected chi connectivity index (χ1v) is 9.38. The Morgan fingerprint density at radius 1 is 1.17 bits per heavy atom. The highest BCUT2D eigenvalue weighted by molar-refractivity contribution is 5.93. The lowest BCUT2D eigenvalue weighted by Gasteiger charge is -2.17. The zero-order valence-corrected chi connectivity index (χ0v) is 17.1. The number of H-pyrrole nitrogens is 1. The average Bonchev–Trinajstić information content (AvgIpc) is 2.67. The number of carbonyl (C=O) groups is 1. The van der Waals surface area contributed by atoms with Crippen molar-refractivity contribution in [2.24, 2.45) is 5.41 Å². The number of nitrogens with zero attached hydrogens (tertiary/aromatic N) is 5.